The summed E-state index contributed by atoms with van der Waals surface area (Å²) in [6.07, 6.45) is 0.147. The lowest BCUT2D eigenvalue weighted by molar-refractivity contribution is 0.625. The first-order valence-electron chi connectivity index (χ1n) is 2.56. The Bertz CT molecular complexity index is 358. The fourth-order valence-electron chi connectivity index (χ4n) is 0.352. The summed E-state index contributed by atoms with van der Waals surface area (Å²) >= 11 is 5.18. The van der Waals surface area contributed by atoms with Gasteiger partial charge in [-0.2, -0.15) is 16.8 Å². The third kappa shape index (κ3) is 6.08. The van der Waals surface area contributed by atoms with Crippen molar-refractivity contribution in [3.05, 3.63) is 0 Å². The average molecular weight is 217 g/mol. The standard InChI is InChI=1S/C4H5ClO4S2/c5-4(11(8)9)2-1-3-10(6)7/h3H,1-2H2. The van der Waals surface area contributed by atoms with Crippen LogP contribution in [0.1, 0.15) is 12.8 Å². The molecule has 0 aliphatic heterocycles. The molecule has 0 bridgehead atoms. The van der Waals surface area contributed by atoms with Gasteiger partial charge in [-0.3, -0.25) is 0 Å². The largest absolute Gasteiger partial charge is 0.228 e. The highest BCUT2D eigenvalue weighted by atomic mass is 35.5. The highest BCUT2D eigenvalue weighted by Gasteiger charge is 1.93. The summed E-state index contributed by atoms with van der Waals surface area (Å²) in [5, 5.41) is 0.954. The second-order valence-corrected chi connectivity index (χ2v) is 4.05. The van der Waals surface area contributed by atoms with E-state index in [0.717, 1.165) is 5.37 Å². The van der Waals surface area contributed by atoms with Gasteiger partial charge in [0.2, 0.25) is 20.6 Å². The van der Waals surface area contributed by atoms with Gasteiger partial charge < -0.3 is 0 Å². The summed E-state index contributed by atoms with van der Waals surface area (Å²) in [4.78, 5) is 0. The third-order valence-corrected chi connectivity index (χ3v) is 2.42. The van der Waals surface area contributed by atoms with Gasteiger partial charge in [0.25, 0.3) is 0 Å². The van der Waals surface area contributed by atoms with Crippen LogP contribution in [0.3, 0.4) is 0 Å². The van der Waals surface area contributed by atoms with Crippen LogP contribution in [0.5, 0.6) is 0 Å². The van der Waals surface area contributed by atoms with Crippen molar-refractivity contribution in [3.8, 4) is 0 Å². The first-order chi connectivity index (χ1) is 5.04. The van der Waals surface area contributed by atoms with Crippen LogP contribution in [0.4, 0.5) is 0 Å². The van der Waals surface area contributed by atoms with Crippen molar-refractivity contribution >= 4 is 41.9 Å². The van der Waals surface area contributed by atoms with E-state index in [4.69, 9.17) is 11.6 Å². The van der Waals surface area contributed by atoms with Crippen LogP contribution in [0.25, 0.3) is 0 Å². The maximum absolute atomic E-state index is 10.0. The van der Waals surface area contributed by atoms with Crippen LogP contribution in [0, 0.1) is 0 Å². The molecule has 0 aliphatic rings. The first kappa shape index (κ1) is 10.7. The van der Waals surface area contributed by atoms with Gasteiger partial charge in [0.05, 0.1) is 0 Å². The summed E-state index contributed by atoms with van der Waals surface area (Å²) < 4.78 is 39.6. The fourth-order valence-corrected chi connectivity index (χ4v) is 1.06. The molecular weight excluding hydrogens is 212 g/mol. The lowest BCUT2D eigenvalue weighted by atomic mass is 10.4. The molecule has 64 valence electrons. The highest BCUT2D eigenvalue weighted by molar-refractivity contribution is 7.76. The fraction of sp³-hybridized carbons (Fsp3) is 0.500. The molecule has 0 amide bonds. The van der Waals surface area contributed by atoms with Gasteiger partial charge in [-0.25, -0.2) is 0 Å². The van der Waals surface area contributed by atoms with E-state index in [-0.39, 0.29) is 17.2 Å². The van der Waals surface area contributed by atoms with Gasteiger partial charge in [0.15, 0.2) is 0 Å². The molecule has 0 rings (SSSR count). The Balaban J connectivity index is 4.14. The maximum Gasteiger partial charge on any atom is 0.228 e. The molecule has 0 heterocycles. The summed E-state index contributed by atoms with van der Waals surface area (Å²) in [5.41, 5.74) is 0. The van der Waals surface area contributed by atoms with Crippen molar-refractivity contribution in [1.82, 2.24) is 0 Å². The zero-order valence-electron chi connectivity index (χ0n) is 5.32. The Hall–Kier alpha value is -0.330. The Morgan fingerprint density at radius 1 is 1.27 bits per heavy atom. The van der Waals surface area contributed by atoms with Crippen LogP contribution in [-0.2, 0) is 20.6 Å². The Kier molecular flexibility index (Phi) is 5.18. The molecule has 0 unspecified atom stereocenters. The molecule has 0 atom stereocenters. The average Bonchev–Trinajstić information content (AvgIpc) is 1.86. The molecule has 0 saturated carbocycles. The van der Waals surface area contributed by atoms with Crippen molar-refractivity contribution in [2.75, 3.05) is 0 Å². The van der Waals surface area contributed by atoms with E-state index in [1.54, 1.807) is 0 Å². The Morgan fingerprint density at radius 2 is 1.82 bits per heavy atom. The van der Waals surface area contributed by atoms with E-state index in [1.807, 2.05) is 0 Å². The van der Waals surface area contributed by atoms with Gasteiger partial charge in [0.1, 0.15) is 4.32 Å². The van der Waals surface area contributed by atoms with Crippen LogP contribution in [-0.4, -0.2) is 26.5 Å². The molecule has 0 aromatic heterocycles. The van der Waals surface area contributed by atoms with E-state index >= 15 is 0 Å². The molecule has 0 aliphatic carbocycles. The predicted octanol–water partition coefficient (Wildman–Crippen LogP) is -0.304. The zero-order valence-corrected chi connectivity index (χ0v) is 7.71. The molecule has 0 aromatic rings. The molecule has 11 heavy (non-hydrogen) atoms. The van der Waals surface area contributed by atoms with Gasteiger partial charge in [-0.1, -0.05) is 11.6 Å². The van der Waals surface area contributed by atoms with Gasteiger partial charge in [0, 0.05) is 11.8 Å². The molecule has 0 saturated heterocycles. The first-order valence-corrected chi connectivity index (χ1v) is 5.15. The Morgan fingerprint density at radius 3 is 2.18 bits per heavy atom. The lowest BCUT2D eigenvalue weighted by Gasteiger charge is -1.82. The summed E-state index contributed by atoms with van der Waals surface area (Å²) in [6.45, 7) is 0. The number of hydrogen-bond acceptors (Lipinski definition) is 4. The number of halogens is 1. The maximum atomic E-state index is 10.0. The van der Waals surface area contributed by atoms with Crippen molar-refractivity contribution in [2.45, 2.75) is 12.8 Å². The quantitative estimate of drug-likeness (QED) is 0.480. The predicted molar refractivity (Wildman–Crippen MR) is 44.0 cm³/mol. The van der Waals surface area contributed by atoms with E-state index in [0.29, 0.717) is 0 Å². The highest BCUT2D eigenvalue weighted by Crippen LogP contribution is 1.92. The molecular formula is C4H5ClO4S2. The van der Waals surface area contributed by atoms with Gasteiger partial charge in [-0.15, -0.1) is 0 Å². The normalized spacial score (nSPS) is 8.82. The summed E-state index contributed by atoms with van der Waals surface area (Å²) in [6, 6.07) is 0. The zero-order chi connectivity index (χ0) is 8.85. The summed E-state index contributed by atoms with van der Waals surface area (Å²) in [5.74, 6) is 0. The van der Waals surface area contributed by atoms with Crippen LogP contribution >= 0.6 is 11.6 Å². The minimum atomic E-state index is -2.41. The lowest BCUT2D eigenvalue weighted by Crippen LogP contribution is -1.89. The Labute approximate surface area is 71.9 Å². The molecule has 7 heteroatoms. The van der Waals surface area contributed by atoms with Crippen LogP contribution in [0.15, 0.2) is 0 Å². The van der Waals surface area contributed by atoms with E-state index in [9.17, 15) is 16.8 Å². The van der Waals surface area contributed by atoms with E-state index in [1.165, 1.54) is 0 Å². The van der Waals surface area contributed by atoms with E-state index < -0.39 is 20.6 Å². The molecule has 0 N–H and O–H groups in total. The van der Waals surface area contributed by atoms with Crippen molar-refractivity contribution < 1.29 is 16.8 Å². The molecule has 0 fully saturated rings. The van der Waals surface area contributed by atoms with Crippen molar-refractivity contribution in [1.29, 1.82) is 0 Å². The SMILES string of the molecule is O=S(=O)=CCCC(Cl)=S(=O)=O. The van der Waals surface area contributed by atoms with Crippen LogP contribution in [0.2, 0.25) is 0 Å². The second-order valence-electron chi connectivity index (χ2n) is 1.56. The minimum Gasteiger partial charge on any atom is -0.185 e. The molecule has 0 radical (unpaired) electrons. The third-order valence-electron chi connectivity index (χ3n) is 0.776. The summed E-state index contributed by atoms with van der Waals surface area (Å²) in [7, 11) is -4.66. The second kappa shape index (κ2) is 5.34. The smallest absolute Gasteiger partial charge is 0.185 e. The van der Waals surface area contributed by atoms with Gasteiger partial charge >= 0.3 is 0 Å². The van der Waals surface area contributed by atoms with Gasteiger partial charge in [-0.05, 0) is 6.42 Å². The minimum absolute atomic E-state index is 0.0334. The number of rotatable bonds is 3. The van der Waals surface area contributed by atoms with Crippen molar-refractivity contribution in [3.63, 3.8) is 0 Å². The van der Waals surface area contributed by atoms with Crippen LogP contribution < -0.4 is 0 Å². The topological polar surface area (TPSA) is 68.3 Å². The monoisotopic (exact) mass is 216 g/mol. The van der Waals surface area contributed by atoms with E-state index in [2.05, 4.69) is 0 Å². The molecule has 4 nitrogen and oxygen atoms in total. The molecule has 0 spiro atoms. The molecule has 0 aromatic carbocycles. The van der Waals surface area contributed by atoms with Crippen molar-refractivity contribution in [2.24, 2.45) is 0 Å². The number of hydrogen-bond donors (Lipinski definition) is 0.